The highest BCUT2D eigenvalue weighted by Gasteiger charge is 2.09. The summed E-state index contributed by atoms with van der Waals surface area (Å²) in [7, 11) is 1.57. The Morgan fingerprint density at radius 3 is 2.37 bits per heavy atom. The van der Waals surface area contributed by atoms with E-state index in [1.165, 1.54) is 6.92 Å². The van der Waals surface area contributed by atoms with Crippen molar-refractivity contribution in [1.82, 2.24) is 0 Å². The molecular weight excluding hydrogens is 242 g/mol. The van der Waals surface area contributed by atoms with E-state index in [0.29, 0.717) is 28.5 Å². The molecule has 0 heterocycles. The van der Waals surface area contributed by atoms with Gasteiger partial charge in [-0.05, 0) is 37.3 Å². The van der Waals surface area contributed by atoms with Gasteiger partial charge in [0, 0.05) is 5.56 Å². The van der Waals surface area contributed by atoms with Gasteiger partial charge >= 0.3 is 0 Å². The largest absolute Gasteiger partial charge is 0.493 e. The second-order valence-corrected chi connectivity index (χ2v) is 4.06. The number of ketones is 1. The van der Waals surface area contributed by atoms with Crippen LogP contribution in [0.3, 0.4) is 0 Å². The maximum Gasteiger partial charge on any atom is 0.169 e. The predicted molar refractivity (Wildman–Crippen MR) is 73.9 cm³/mol. The molecule has 19 heavy (non-hydrogen) atoms. The number of carbonyl (C=O) groups excluding carboxylic acids is 1. The third-order valence-electron chi connectivity index (χ3n) is 2.71. The summed E-state index contributed by atoms with van der Waals surface area (Å²) in [6.45, 7) is 1.50. The normalized spacial score (nSPS) is 10.0. The zero-order valence-electron chi connectivity index (χ0n) is 10.8. The minimum atomic E-state index is -0.0372. The van der Waals surface area contributed by atoms with Gasteiger partial charge in [0.15, 0.2) is 23.0 Å². The minimum absolute atomic E-state index is 0.0372. The number of anilines is 1. The number of carbonyl (C=O) groups is 1. The van der Waals surface area contributed by atoms with E-state index in [1.54, 1.807) is 37.4 Å². The Hall–Kier alpha value is -2.49. The first kappa shape index (κ1) is 13.0. The summed E-state index contributed by atoms with van der Waals surface area (Å²) in [6, 6.07) is 12.2. The molecule has 0 spiro atoms. The molecule has 0 amide bonds. The molecule has 0 fully saturated rings. The predicted octanol–water partition coefficient (Wildman–Crippen LogP) is 3.27. The van der Waals surface area contributed by atoms with Crippen molar-refractivity contribution in [1.29, 1.82) is 0 Å². The fourth-order valence-electron chi connectivity index (χ4n) is 1.66. The van der Waals surface area contributed by atoms with E-state index in [4.69, 9.17) is 15.2 Å². The second kappa shape index (κ2) is 5.44. The summed E-state index contributed by atoms with van der Waals surface area (Å²) in [5.74, 6) is 1.56. The van der Waals surface area contributed by atoms with Gasteiger partial charge in [0.05, 0.1) is 12.8 Å². The highest BCUT2D eigenvalue weighted by Crippen LogP contribution is 2.34. The van der Waals surface area contributed by atoms with Gasteiger partial charge in [0.2, 0.25) is 0 Å². The molecular formula is C15H15NO3. The first-order valence-corrected chi connectivity index (χ1v) is 5.83. The van der Waals surface area contributed by atoms with Crippen LogP contribution in [0.25, 0.3) is 0 Å². The van der Waals surface area contributed by atoms with Gasteiger partial charge < -0.3 is 15.2 Å². The van der Waals surface area contributed by atoms with Gasteiger partial charge in [-0.1, -0.05) is 12.1 Å². The highest BCUT2D eigenvalue weighted by atomic mass is 16.5. The molecule has 2 rings (SSSR count). The summed E-state index contributed by atoms with van der Waals surface area (Å²) in [4.78, 5) is 11.4. The summed E-state index contributed by atoms with van der Waals surface area (Å²) >= 11 is 0. The summed E-state index contributed by atoms with van der Waals surface area (Å²) < 4.78 is 10.9. The Morgan fingerprint density at radius 2 is 1.74 bits per heavy atom. The van der Waals surface area contributed by atoms with Gasteiger partial charge in [0.1, 0.15) is 0 Å². The molecule has 98 valence electrons. The molecule has 2 aromatic carbocycles. The van der Waals surface area contributed by atoms with Crippen LogP contribution >= 0.6 is 0 Å². The number of methoxy groups -OCH3 is 1. The van der Waals surface area contributed by atoms with Crippen LogP contribution in [-0.2, 0) is 0 Å². The number of Topliss-reactive ketones (excluding diaryl/α,β-unsaturated/α-hetero) is 1. The van der Waals surface area contributed by atoms with Crippen molar-refractivity contribution in [3.05, 3.63) is 48.0 Å². The lowest BCUT2D eigenvalue weighted by Crippen LogP contribution is -1.98. The molecule has 0 atom stereocenters. The number of ether oxygens (including phenoxy) is 2. The molecule has 0 aliphatic heterocycles. The van der Waals surface area contributed by atoms with Gasteiger partial charge in [-0.25, -0.2) is 0 Å². The number of nitrogens with two attached hydrogens (primary N) is 1. The van der Waals surface area contributed by atoms with Crippen LogP contribution in [0.5, 0.6) is 17.2 Å². The van der Waals surface area contributed by atoms with Gasteiger partial charge in [-0.3, -0.25) is 4.79 Å². The van der Waals surface area contributed by atoms with E-state index in [1.807, 2.05) is 12.1 Å². The van der Waals surface area contributed by atoms with Gasteiger partial charge in [-0.2, -0.15) is 0 Å². The standard InChI is InChI=1S/C15H15NO3/c1-10(17)11-7-8-12(16)15(9-11)19-14-6-4-3-5-13(14)18-2/h3-9H,16H2,1-2H3. The summed E-state index contributed by atoms with van der Waals surface area (Å²) in [5.41, 5.74) is 6.87. The van der Waals surface area contributed by atoms with Crippen LogP contribution in [0.1, 0.15) is 17.3 Å². The highest BCUT2D eigenvalue weighted by molar-refractivity contribution is 5.95. The van der Waals surface area contributed by atoms with Crippen molar-refractivity contribution in [3.63, 3.8) is 0 Å². The van der Waals surface area contributed by atoms with E-state index in [2.05, 4.69) is 0 Å². The average molecular weight is 257 g/mol. The molecule has 0 bridgehead atoms. The summed E-state index contributed by atoms with van der Waals surface area (Å²) in [5, 5.41) is 0. The maximum atomic E-state index is 11.4. The van der Waals surface area contributed by atoms with Crippen LogP contribution in [-0.4, -0.2) is 12.9 Å². The van der Waals surface area contributed by atoms with Crippen LogP contribution < -0.4 is 15.2 Å². The number of benzene rings is 2. The first-order valence-electron chi connectivity index (χ1n) is 5.83. The number of nitrogen functional groups attached to an aromatic ring is 1. The fraction of sp³-hybridized carbons (Fsp3) is 0.133. The SMILES string of the molecule is COc1ccccc1Oc1cc(C(C)=O)ccc1N. The first-order chi connectivity index (χ1) is 9.11. The fourth-order valence-corrected chi connectivity index (χ4v) is 1.66. The van der Waals surface area contributed by atoms with E-state index in [0.717, 1.165) is 0 Å². The number of para-hydroxylation sites is 2. The molecule has 0 aliphatic rings. The van der Waals surface area contributed by atoms with E-state index >= 15 is 0 Å². The molecule has 0 saturated heterocycles. The van der Waals surface area contributed by atoms with Gasteiger partial charge in [-0.15, -0.1) is 0 Å². The monoisotopic (exact) mass is 257 g/mol. The Balaban J connectivity index is 2.37. The molecule has 0 aromatic heterocycles. The van der Waals surface area contributed by atoms with Crippen molar-refractivity contribution >= 4 is 11.5 Å². The van der Waals surface area contributed by atoms with Crippen LogP contribution in [0.15, 0.2) is 42.5 Å². The van der Waals surface area contributed by atoms with Crippen LogP contribution in [0.4, 0.5) is 5.69 Å². The zero-order valence-corrected chi connectivity index (χ0v) is 10.8. The number of hydrogen-bond donors (Lipinski definition) is 1. The van der Waals surface area contributed by atoms with Crippen LogP contribution in [0.2, 0.25) is 0 Å². The van der Waals surface area contributed by atoms with E-state index < -0.39 is 0 Å². The quantitative estimate of drug-likeness (QED) is 0.674. The van der Waals surface area contributed by atoms with E-state index in [-0.39, 0.29) is 5.78 Å². The molecule has 0 radical (unpaired) electrons. The van der Waals surface area contributed by atoms with Crippen molar-refractivity contribution in [2.45, 2.75) is 6.92 Å². The Labute approximate surface area is 111 Å². The van der Waals surface area contributed by atoms with Crippen molar-refractivity contribution < 1.29 is 14.3 Å². The maximum absolute atomic E-state index is 11.4. The zero-order chi connectivity index (χ0) is 13.8. The van der Waals surface area contributed by atoms with Gasteiger partial charge in [0.25, 0.3) is 0 Å². The lowest BCUT2D eigenvalue weighted by atomic mass is 10.1. The molecule has 4 heteroatoms. The second-order valence-electron chi connectivity index (χ2n) is 4.06. The third kappa shape index (κ3) is 2.85. The van der Waals surface area contributed by atoms with E-state index in [9.17, 15) is 4.79 Å². The van der Waals surface area contributed by atoms with Crippen molar-refractivity contribution in [2.24, 2.45) is 0 Å². The topological polar surface area (TPSA) is 61.5 Å². The molecule has 2 N–H and O–H groups in total. The lowest BCUT2D eigenvalue weighted by molar-refractivity contribution is 0.101. The average Bonchev–Trinajstić information content (AvgIpc) is 2.41. The van der Waals surface area contributed by atoms with Crippen molar-refractivity contribution in [3.8, 4) is 17.2 Å². The Kier molecular flexibility index (Phi) is 3.71. The smallest absolute Gasteiger partial charge is 0.169 e. The molecule has 0 unspecified atom stereocenters. The third-order valence-corrected chi connectivity index (χ3v) is 2.71. The molecule has 0 saturated carbocycles. The van der Waals surface area contributed by atoms with Crippen molar-refractivity contribution in [2.75, 3.05) is 12.8 Å². The Morgan fingerprint density at radius 1 is 1.05 bits per heavy atom. The number of hydrogen-bond acceptors (Lipinski definition) is 4. The molecule has 4 nitrogen and oxygen atoms in total. The molecule has 2 aromatic rings. The number of rotatable bonds is 4. The minimum Gasteiger partial charge on any atom is -0.493 e. The lowest BCUT2D eigenvalue weighted by Gasteiger charge is -2.12. The molecule has 0 aliphatic carbocycles. The van der Waals surface area contributed by atoms with Crippen LogP contribution in [0, 0.1) is 0 Å². The Bertz CT molecular complexity index is 608. The summed E-state index contributed by atoms with van der Waals surface area (Å²) in [6.07, 6.45) is 0.